The second kappa shape index (κ2) is 11.3. The minimum absolute atomic E-state index is 0.148. The second-order valence-corrected chi connectivity index (χ2v) is 11.0. The largest absolute Gasteiger partial charge is 0.481 e. The lowest BCUT2D eigenvalue weighted by atomic mass is 9.94. The van der Waals surface area contributed by atoms with Crippen LogP contribution in [0, 0.1) is 26.7 Å². The normalized spacial score (nSPS) is 14.8. The van der Waals surface area contributed by atoms with Crippen molar-refractivity contribution in [2.24, 2.45) is 5.92 Å². The zero-order chi connectivity index (χ0) is 27.6. The van der Waals surface area contributed by atoms with Crippen molar-refractivity contribution in [3.05, 3.63) is 87.1 Å². The van der Waals surface area contributed by atoms with Crippen LogP contribution in [-0.2, 0) is 9.59 Å². The van der Waals surface area contributed by atoms with Crippen LogP contribution >= 0.6 is 0 Å². The highest BCUT2D eigenvalue weighted by molar-refractivity contribution is 5.82. The maximum Gasteiger partial charge on any atom is 0.305 e. The summed E-state index contributed by atoms with van der Waals surface area (Å²) in [6, 6.07) is 8.34. The Morgan fingerprint density at radius 1 is 1.08 bits per heavy atom. The highest BCUT2D eigenvalue weighted by Gasteiger charge is 2.30. The Kier molecular flexibility index (Phi) is 8.14. The van der Waals surface area contributed by atoms with Crippen LogP contribution in [0.2, 0.25) is 0 Å². The molecule has 200 valence electrons. The Labute approximate surface area is 223 Å². The van der Waals surface area contributed by atoms with Gasteiger partial charge in [-0.2, -0.15) is 0 Å². The van der Waals surface area contributed by atoms with Crippen molar-refractivity contribution in [1.82, 2.24) is 14.9 Å². The van der Waals surface area contributed by atoms with Crippen molar-refractivity contribution in [3.8, 4) is 11.1 Å². The maximum absolute atomic E-state index is 13.8. The maximum atomic E-state index is 13.8. The summed E-state index contributed by atoms with van der Waals surface area (Å²) in [5.74, 6) is -0.815. The number of nitrogens with one attached hydrogen (secondary N) is 1. The smallest absolute Gasteiger partial charge is 0.305 e. The third kappa shape index (κ3) is 6.21. The molecule has 1 aliphatic carbocycles. The van der Waals surface area contributed by atoms with Gasteiger partial charge in [0.25, 0.3) is 5.56 Å². The minimum atomic E-state index is -1.03. The Morgan fingerprint density at radius 3 is 2.37 bits per heavy atom. The summed E-state index contributed by atoms with van der Waals surface area (Å²) in [4.78, 5) is 43.2. The van der Waals surface area contributed by atoms with Crippen LogP contribution in [0.3, 0.4) is 0 Å². The molecule has 4 rings (SSSR count). The first kappa shape index (κ1) is 27.3. The van der Waals surface area contributed by atoms with Crippen molar-refractivity contribution in [2.75, 3.05) is 0 Å². The number of amides is 1. The highest BCUT2D eigenvalue weighted by atomic mass is 16.4. The number of carbonyl (C=O) groups is 2. The molecule has 38 heavy (non-hydrogen) atoms. The average Bonchev–Trinajstić information content (AvgIpc) is 3.69. The molecular weight excluding hydrogens is 478 g/mol. The Morgan fingerprint density at radius 2 is 1.76 bits per heavy atom. The number of aromatic nitrogens is 2. The lowest BCUT2D eigenvalue weighted by Gasteiger charge is -2.26. The third-order valence-corrected chi connectivity index (χ3v) is 7.25. The molecule has 7 heteroatoms. The summed E-state index contributed by atoms with van der Waals surface area (Å²) < 4.78 is 1.56. The molecule has 2 N–H and O–H groups in total. The summed E-state index contributed by atoms with van der Waals surface area (Å²) in [5, 5.41) is 12.7. The van der Waals surface area contributed by atoms with E-state index in [1.54, 1.807) is 23.9 Å². The fourth-order valence-corrected chi connectivity index (χ4v) is 5.19. The van der Waals surface area contributed by atoms with E-state index in [9.17, 15) is 19.5 Å². The first-order chi connectivity index (χ1) is 18.0. The van der Waals surface area contributed by atoms with Crippen molar-refractivity contribution in [3.63, 3.8) is 0 Å². The first-order valence-electron chi connectivity index (χ1n) is 13.3. The first-order valence-corrected chi connectivity index (χ1v) is 13.3. The van der Waals surface area contributed by atoms with Crippen LogP contribution in [0.4, 0.5) is 0 Å². The van der Waals surface area contributed by atoms with Crippen LogP contribution in [0.25, 0.3) is 11.1 Å². The molecule has 2 atom stereocenters. The van der Waals surface area contributed by atoms with E-state index in [1.807, 2.05) is 64.2 Å². The lowest BCUT2D eigenvalue weighted by molar-refractivity contribution is -0.138. The van der Waals surface area contributed by atoms with Gasteiger partial charge in [0.05, 0.1) is 12.5 Å². The molecule has 0 radical (unpaired) electrons. The van der Waals surface area contributed by atoms with Crippen molar-refractivity contribution >= 4 is 11.9 Å². The van der Waals surface area contributed by atoms with E-state index in [0.29, 0.717) is 23.5 Å². The van der Waals surface area contributed by atoms with Crippen molar-refractivity contribution in [2.45, 2.75) is 78.3 Å². The highest BCUT2D eigenvalue weighted by Crippen LogP contribution is 2.40. The van der Waals surface area contributed by atoms with Gasteiger partial charge >= 0.3 is 5.97 Å². The molecule has 0 saturated heterocycles. The molecule has 1 amide bonds. The summed E-state index contributed by atoms with van der Waals surface area (Å²) in [6.07, 6.45) is 7.52. The number of benzene rings is 1. The summed E-state index contributed by atoms with van der Waals surface area (Å²) in [7, 11) is 0. The van der Waals surface area contributed by atoms with Gasteiger partial charge in [-0.3, -0.25) is 19.4 Å². The van der Waals surface area contributed by atoms with Gasteiger partial charge in [-0.25, -0.2) is 0 Å². The number of aliphatic carboxylic acids is 1. The van der Waals surface area contributed by atoms with E-state index in [0.717, 1.165) is 40.7 Å². The molecule has 1 aliphatic rings. The number of aryl methyl sites for hydroxylation is 3. The molecule has 0 spiro atoms. The van der Waals surface area contributed by atoms with E-state index in [4.69, 9.17) is 0 Å². The number of carboxylic acids is 1. The number of nitrogens with zero attached hydrogens (tertiary/aromatic N) is 2. The average molecular weight is 516 g/mol. The lowest BCUT2D eigenvalue weighted by Crippen LogP contribution is -2.40. The molecule has 1 saturated carbocycles. The van der Waals surface area contributed by atoms with Crippen molar-refractivity contribution in [1.29, 1.82) is 0 Å². The van der Waals surface area contributed by atoms with Crippen LogP contribution < -0.4 is 10.9 Å². The SMILES string of the molecule is Cc1cccc(C)c1-c1cncc([C@H](CC(=O)O)NC(=O)[C@H](CC(C)C)n2cc(C3CC3)cc(C)c2=O)c1. The second-order valence-electron chi connectivity index (χ2n) is 11.0. The van der Waals surface area contributed by atoms with E-state index in [-0.39, 0.29) is 23.8 Å². The van der Waals surface area contributed by atoms with E-state index < -0.39 is 18.1 Å². The summed E-state index contributed by atoms with van der Waals surface area (Å²) >= 11 is 0. The Bertz CT molecular complexity index is 1380. The van der Waals surface area contributed by atoms with Gasteiger partial charge in [0, 0.05) is 29.7 Å². The van der Waals surface area contributed by atoms with Gasteiger partial charge < -0.3 is 15.0 Å². The quantitative estimate of drug-likeness (QED) is 0.364. The summed E-state index contributed by atoms with van der Waals surface area (Å²) in [6.45, 7) is 9.85. The molecule has 7 nitrogen and oxygen atoms in total. The van der Waals surface area contributed by atoms with Gasteiger partial charge in [-0.1, -0.05) is 32.0 Å². The zero-order valence-electron chi connectivity index (χ0n) is 22.8. The van der Waals surface area contributed by atoms with Crippen LogP contribution in [0.15, 0.2) is 53.7 Å². The van der Waals surface area contributed by atoms with Crippen molar-refractivity contribution < 1.29 is 14.7 Å². The van der Waals surface area contributed by atoms with E-state index >= 15 is 0 Å². The van der Waals surface area contributed by atoms with Crippen LogP contribution in [0.1, 0.15) is 85.3 Å². The number of carbonyl (C=O) groups excluding carboxylic acids is 1. The number of rotatable bonds is 10. The fourth-order valence-electron chi connectivity index (χ4n) is 5.19. The van der Waals surface area contributed by atoms with Crippen LogP contribution in [-0.4, -0.2) is 26.5 Å². The van der Waals surface area contributed by atoms with E-state index in [2.05, 4.69) is 10.3 Å². The number of hydrogen-bond acceptors (Lipinski definition) is 4. The van der Waals surface area contributed by atoms with E-state index in [1.165, 1.54) is 0 Å². The molecule has 0 aliphatic heterocycles. The van der Waals surface area contributed by atoms with Gasteiger partial charge in [0.15, 0.2) is 0 Å². The molecule has 1 fully saturated rings. The molecule has 3 aromatic rings. The summed E-state index contributed by atoms with van der Waals surface area (Å²) in [5.41, 5.74) is 6.20. The predicted molar refractivity (Wildman–Crippen MR) is 148 cm³/mol. The monoisotopic (exact) mass is 515 g/mol. The molecule has 0 unspecified atom stereocenters. The fraction of sp³-hybridized carbons (Fsp3) is 0.419. The molecular formula is C31H37N3O4. The topological polar surface area (TPSA) is 101 Å². The van der Waals surface area contributed by atoms with Gasteiger partial charge in [0.1, 0.15) is 6.04 Å². The molecule has 2 aromatic heterocycles. The Hall–Kier alpha value is -3.74. The van der Waals surface area contributed by atoms with Gasteiger partial charge in [0.2, 0.25) is 5.91 Å². The third-order valence-electron chi connectivity index (χ3n) is 7.25. The minimum Gasteiger partial charge on any atom is -0.481 e. The van der Waals surface area contributed by atoms with Gasteiger partial charge in [-0.05, 0) is 91.8 Å². The van der Waals surface area contributed by atoms with Gasteiger partial charge in [-0.15, -0.1) is 0 Å². The molecule has 1 aromatic carbocycles. The van der Waals surface area contributed by atoms with Crippen LogP contribution in [0.5, 0.6) is 0 Å². The Balaban J connectivity index is 1.70. The number of pyridine rings is 2. The zero-order valence-corrected chi connectivity index (χ0v) is 22.8. The standard InChI is InChI=1S/C31H37N3O4/c1-18(2)11-27(34-17-25(22-9-10-22)12-21(5)31(34)38)30(37)33-26(14-28(35)36)23-13-24(16-32-15-23)29-19(3)7-6-8-20(29)4/h6-8,12-13,15-18,22,26-27H,9-11,14H2,1-5H3,(H,33,37)(H,35,36)/t26-,27-/m0/s1. The molecule has 2 heterocycles. The predicted octanol–water partition coefficient (Wildman–Crippen LogP) is 5.63. The number of hydrogen-bond donors (Lipinski definition) is 2. The molecule has 0 bridgehead atoms. The number of carboxylic acid groups (broad SMARTS) is 1.